The zero-order chi connectivity index (χ0) is 25.5. The first kappa shape index (κ1) is 23.7. The molecular formula is C25H32N6O4S. The third-order valence-electron chi connectivity index (χ3n) is 9.02. The van der Waals surface area contributed by atoms with Gasteiger partial charge in [-0.15, -0.1) is 0 Å². The zero-order valence-electron chi connectivity index (χ0n) is 20.6. The van der Waals surface area contributed by atoms with Crippen LogP contribution in [-0.2, 0) is 16.0 Å². The number of benzene rings is 1. The van der Waals surface area contributed by atoms with Gasteiger partial charge in [0, 0.05) is 47.9 Å². The summed E-state index contributed by atoms with van der Waals surface area (Å²) in [5.41, 5.74) is 8.54. The summed E-state index contributed by atoms with van der Waals surface area (Å²) in [5.74, 6) is 0.363. The molecule has 11 heteroatoms. The molecule has 3 saturated heterocycles. The average molecular weight is 513 g/mol. The van der Waals surface area contributed by atoms with Crippen molar-refractivity contribution in [2.45, 2.75) is 73.3 Å². The molecule has 2 amide bonds. The van der Waals surface area contributed by atoms with Crippen LogP contribution in [0, 0.1) is 27.4 Å². The van der Waals surface area contributed by atoms with Gasteiger partial charge in [0.1, 0.15) is 6.04 Å². The minimum atomic E-state index is -2.12. The molecule has 0 spiro atoms. The van der Waals surface area contributed by atoms with Crippen molar-refractivity contribution in [3.63, 3.8) is 0 Å². The fraction of sp³-hybridized carbons (Fsp3) is 0.640. The van der Waals surface area contributed by atoms with Crippen molar-refractivity contribution in [3.8, 4) is 6.07 Å². The highest BCUT2D eigenvalue weighted by Crippen LogP contribution is 2.52. The fourth-order valence-corrected chi connectivity index (χ4v) is 7.97. The van der Waals surface area contributed by atoms with Crippen LogP contribution in [0.3, 0.4) is 0 Å². The monoisotopic (exact) mass is 512 g/mol. The van der Waals surface area contributed by atoms with E-state index >= 15 is 0 Å². The number of rotatable bonds is 6. The highest BCUT2D eigenvalue weighted by molar-refractivity contribution is 8.27. The van der Waals surface area contributed by atoms with Gasteiger partial charge in [0.15, 0.2) is 0 Å². The van der Waals surface area contributed by atoms with Gasteiger partial charge < -0.3 is 15.5 Å². The molecule has 5 aliphatic rings. The molecule has 3 aliphatic heterocycles. The number of aryl methyl sites for hydroxylation is 1. The van der Waals surface area contributed by atoms with E-state index in [-0.39, 0.29) is 46.4 Å². The number of nitrogens with two attached hydrogens (primary N) is 1. The number of nitro groups is 1. The second-order valence-electron chi connectivity index (χ2n) is 11.3. The van der Waals surface area contributed by atoms with E-state index in [0.717, 1.165) is 48.1 Å². The second kappa shape index (κ2) is 8.16. The van der Waals surface area contributed by atoms with Crippen LogP contribution < -0.4 is 5.73 Å². The lowest BCUT2D eigenvalue weighted by Crippen LogP contribution is -2.57. The van der Waals surface area contributed by atoms with Gasteiger partial charge in [0.25, 0.3) is 0 Å². The Morgan fingerprint density at radius 3 is 2.78 bits per heavy atom. The van der Waals surface area contributed by atoms with Crippen molar-refractivity contribution in [2.24, 2.45) is 11.7 Å². The summed E-state index contributed by atoms with van der Waals surface area (Å²) in [6, 6.07) is 6.92. The van der Waals surface area contributed by atoms with E-state index in [1.165, 1.54) is 0 Å². The zero-order valence-corrected chi connectivity index (χ0v) is 21.4. The number of nitriles is 1. The third kappa shape index (κ3) is 3.45. The molecule has 6 rings (SSSR count). The van der Waals surface area contributed by atoms with Crippen LogP contribution in [0.25, 0.3) is 0 Å². The first-order valence-electron chi connectivity index (χ1n) is 12.7. The molecule has 0 aromatic heterocycles. The van der Waals surface area contributed by atoms with E-state index in [9.17, 15) is 25.0 Å². The summed E-state index contributed by atoms with van der Waals surface area (Å²) in [5, 5.41) is 21.0. The fourth-order valence-electron chi connectivity index (χ4n) is 6.97. The first-order chi connectivity index (χ1) is 17.1. The quantitative estimate of drug-likeness (QED) is 0.449. The standard InChI is InChI=1S/C25H32N6O4S/c1-36(2,31(34)35)18-4-5-19-14(8-18)3-6-21(19)30-17-10-23(25(30)33)28(12-17)13-20(27)24(32)29-16(11-26)7-15-9-22(15)29/h4-5,8,15-17,20-23H,3,6-7,9-10,12-13,27H2,1-2H3/t15?,16?,17-,20?,21-,22?,23?/m0/s1. The van der Waals surface area contributed by atoms with E-state index < -0.39 is 16.3 Å². The lowest BCUT2D eigenvalue weighted by Gasteiger charge is -2.39. The summed E-state index contributed by atoms with van der Waals surface area (Å²) >= 11 is 0. The number of likely N-dealkylation sites (tertiary alicyclic amines) is 3. The summed E-state index contributed by atoms with van der Waals surface area (Å²) < 4.78 is -0.179. The minimum Gasteiger partial charge on any atom is -0.330 e. The highest BCUT2D eigenvalue weighted by atomic mass is 32.3. The SMILES string of the molecule is CS(C)(c1ccc2c(c1)CC[C@@H]2N1C(=O)C2C[C@H]1CN2CC(N)C(=O)N1C(C#N)CC2CC21)[N+](=O)[O-]. The summed E-state index contributed by atoms with van der Waals surface area (Å²) in [7, 11) is -2.12. The first-order valence-corrected chi connectivity index (χ1v) is 15.1. The predicted octanol–water partition coefficient (Wildman–Crippen LogP) is 1.41. The molecule has 3 heterocycles. The number of piperidine rings is 1. The molecule has 2 N–H and O–H groups in total. The molecule has 192 valence electrons. The van der Waals surface area contributed by atoms with Gasteiger partial charge in [0.05, 0.1) is 33.4 Å². The Morgan fingerprint density at radius 1 is 1.31 bits per heavy atom. The van der Waals surface area contributed by atoms with E-state index in [1.54, 1.807) is 17.4 Å². The molecule has 5 unspecified atom stereocenters. The van der Waals surface area contributed by atoms with E-state index in [1.807, 2.05) is 23.1 Å². The normalized spacial score (nSPS) is 33.9. The molecule has 4 fully saturated rings. The molecular weight excluding hydrogens is 480 g/mol. The molecule has 2 aliphatic carbocycles. The maximum atomic E-state index is 13.5. The lowest BCUT2D eigenvalue weighted by molar-refractivity contribution is -0.295. The van der Waals surface area contributed by atoms with Gasteiger partial charge in [-0.25, -0.2) is 0 Å². The lowest BCUT2D eigenvalue weighted by atomic mass is 10.1. The molecule has 1 aromatic rings. The van der Waals surface area contributed by atoms with Gasteiger partial charge in [0.2, 0.25) is 11.8 Å². The second-order valence-corrected chi connectivity index (χ2v) is 14.6. The highest BCUT2D eigenvalue weighted by Gasteiger charge is 2.56. The van der Waals surface area contributed by atoms with Crippen molar-refractivity contribution in [3.05, 3.63) is 39.4 Å². The summed E-state index contributed by atoms with van der Waals surface area (Å²) in [4.78, 5) is 44.6. The molecule has 1 saturated carbocycles. The Balaban J connectivity index is 1.13. The van der Waals surface area contributed by atoms with Gasteiger partial charge in [-0.2, -0.15) is 5.26 Å². The molecule has 7 atom stereocenters. The number of fused-ring (bicyclic) bond motifs is 4. The van der Waals surface area contributed by atoms with Crippen LogP contribution in [0.15, 0.2) is 23.1 Å². The van der Waals surface area contributed by atoms with Crippen molar-refractivity contribution in [2.75, 3.05) is 25.6 Å². The van der Waals surface area contributed by atoms with Crippen LogP contribution >= 0.6 is 10.2 Å². The van der Waals surface area contributed by atoms with Crippen LogP contribution in [-0.4, -0.2) is 86.7 Å². The molecule has 36 heavy (non-hydrogen) atoms. The van der Waals surface area contributed by atoms with E-state index in [4.69, 9.17) is 5.73 Å². The summed E-state index contributed by atoms with van der Waals surface area (Å²) in [6.07, 6.45) is 7.47. The molecule has 0 radical (unpaired) electrons. The van der Waals surface area contributed by atoms with Crippen molar-refractivity contribution >= 4 is 22.0 Å². The van der Waals surface area contributed by atoms with Crippen molar-refractivity contribution < 1.29 is 13.9 Å². The van der Waals surface area contributed by atoms with E-state index in [2.05, 4.69) is 11.0 Å². The van der Waals surface area contributed by atoms with Crippen molar-refractivity contribution in [1.82, 2.24) is 14.7 Å². The minimum absolute atomic E-state index is 0.00416. The van der Waals surface area contributed by atoms with Gasteiger partial charge >= 0.3 is 0 Å². The summed E-state index contributed by atoms with van der Waals surface area (Å²) in [6.45, 7) is 1.02. The molecule has 10 nitrogen and oxygen atoms in total. The maximum absolute atomic E-state index is 13.5. The number of carbonyl (C=O) groups excluding carboxylic acids is 2. The Kier molecular flexibility index (Phi) is 5.37. The van der Waals surface area contributed by atoms with Crippen LogP contribution in [0.5, 0.6) is 0 Å². The maximum Gasteiger partial charge on any atom is 0.242 e. The number of amides is 2. The largest absolute Gasteiger partial charge is 0.330 e. The third-order valence-corrected chi connectivity index (χ3v) is 11.2. The number of piperazine rings is 1. The van der Waals surface area contributed by atoms with Crippen LogP contribution in [0.2, 0.25) is 0 Å². The Hall–Kier alpha value is -2.68. The Morgan fingerprint density at radius 2 is 2.08 bits per heavy atom. The number of hydrogen-bond acceptors (Lipinski definition) is 7. The average Bonchev–Trinajstić information content (AvgIpc) is 3.18. The number of nitrogens with zero attached hydrogens (tertiary/aromatic N) is 5. The topological polar surface area (TPSA) is 137 Å². The number of hydrogen-bond donors (Lipinski definition) is 1. The molecule has 2 bridgehead atoms. The smallest absolute Gasteiger partial charge is 0.242 e. The molecule has 1 aromatic carbocycles. The predicted molar refractivity (Wildman–Crippen MR) is 134 cm³/mol. The Labute approximate surface area is 212 Å². The van der Waals surface area contributed by atoms with Crippen LogP contribution in [0.4, 0.5) is 0 Å². The van der Waals surface area contributed by atoms with Gasteiger partial charge in [-0.3, -0.25) is 24.6 Å². The Bertz CT molecular complexity index is 1200. The van der Waals surface area contributed by atoms with E-state index in [0.29, 0.717) is 19.0 Å². The van der Waals surface area contributed by atoms with Crippen molar-refractivity contribution in [1.29, 1.82) is 5.26 Å². The van der Waals surface area contributed by atoms with Gasteiger partial charge in [-0.05, 0) is 61.3 Å². The van der Waals surface area contributed by atoms with Gasteiger partial charge in [-0.1, -0.05) is 6.07 Å². The van der Waals surface area contributed by atoms with Crippen LogP contribution in [0.1, 0.15) is 42.9 Å². The number of carbonyl (C=O) groups is 2.